The molecule has 0 spiro atoms. The first-order valence-corrected chi connectivity index (χ1v) is 7.74. The zero-order valence-electron chi connectivity index (χ0n) is 14.4. The van der Waals surface area contributed by atoms with Crippen LogP contribution in [-0.2, 0) is 10.1 Å². The maximum absolute atomic E-state index is 14.1. The fraction of sp³-hybridized carbons (Fsp3) is 0.500. The molecule has 1 rings (SSSR count). The van der Waals surface area contributed by atoms with Crippen LogP contribution in [0, 0.1) is 0 Å². The Morgan fingerprint density at radius 1 is 1.37 bits per heavy atom. The van der Waals surface area contributed by atoms with Crippen molar-refractivity contribution in [1.29, 1.82) is 0 Å². The third kappa shape index (κ3) is 5.62. The summed E-state index contributed by atoms with van der Waals surface area (Å²) in [5, 5.41) is 3.10. The van der Waals surface area contributed by atoms with E-state index in [2.05, 4.69) is 26.5 Å². The zero-order valence-corrected chi connectivity index (χ0v) is 15.2. The fourth-order valence-corrected chi connectivity index (χ4v) is 1.84. The van der Waals surface area contributed by atoms with Crippen LogP contribution in [-0.4, -0.2) is 47.0 Å². The number of hydrogen-bond donors (Lipinski definition) is 0. The molecule has 152 valence electrons. The van der Waals surface area contributed by atoms with Crippen molar-refractivity contribution in [2.75, 3.05) is 18.6 Å². The molecule has 1 aromatic rings. The van der Waals surface area contributed by atoms with Gasteiger partial charge < -0.3 is 4.74 Å². The Morgan fingerprint density at radius 2 is 1.96 bits per heavy atom. The van der Waals surface area contributed by atoms with Crippen LogP contribution in [0.5, 0.6) is 0 Å². The Balaban J connectivity index is 3.53. The van der Waals surface area contributed by atoms with Gasteiger partial charge in [0.2, 0.25) is 11.7 Å². The van der Waals surface area contributed by atoms with E-state index in [4.69, 9.17) is 11.6 Å². The first-order chi connectivity index (χ1) is 12.3. The molecular formula is C14H16ClF6N5O. The highest BCUT2D eigenvalue weighted by atomic mass is 35.5. The van der Waals surface area contributed by atoms with E-state index in [1.165, 1.54) is 0 Å². The van der Waals surface area contributed by atoms with E-state index in [0.29, 0.717) is 22.7 Å². The SMILES string of the molecule is C=C/C(F)=C(/O[C@@H](C)C(F)(F)F)N(C)n1c(/C=N\CC)nnc1C(F)(F)Cl. The van der Waals surface area contributed by atoms with Crippen molar-refractivity contribution in [1.82, 2.24) is 14.9 Å². The molecule has 0 radical (unpaired) electrons. The van der Waals surface area contributed by atoms with Crippen LogP contribution < -0.4 is 5.01 Å². The van der Waals surface area contributed by atoms with E-state index in [1.807, 2.05) is 0 Å². The summed E-state index contributed by atoms with van der Waals surface area (Å²) in [5.41, 5.74) is 0. The van der Waals surface area contributed by atoms with Crippen molar-refractivity contribution in [3.05, 3.63) is 36.0 Å². The smallest absolute Gasteiger partial charge is 0.425 e. The van der Waals surface area contributed by atoms with E-state index in [0.717, 1.165) is 13.3 Å². The summed E-state index contributed by atoms with van der Waals surface area (Å²) in [4.78, 5) is 3.79. The second kappa shape index (κ2) is 8.63. The van der Waals surface area contributed by atoms with Crippen molar-refractivity contribution < 1.29 is 31.1 Å². The lowest BCUT2D eigenvalue weighted by molar-refractivity contribution is -0.204. The minimum Gasteiger partial charge on any atom is -0.463 e. The number of hydrogen-bond acceptors (Lipinski definition) is 5. The van der Waals surface area contributed by atoms with Gasteiger partial charge in [0, 0.05) is 13.6 Å². The summed E-state index contributed by atoms with van der Waals surface area (Å²) in [6, 6.07) is 0. The predicted molar refractivity (Wildman–Crippen MR) is 87.0 cm³/mol. The molecule has 1 aromatic heterocycles. The van der Waals surface area contributed by atoms with E-state index in [9.17, 15) is 26.3 Å². The monoisotopic (exact) mass is 419 g/mol. The number of nitrogens with zero attached hydrogens (tertiary/aromatic N) is 5. The third-order valence-corrected chi connectivity index (χ3v) is 3.20. The molecular weight excluding hydrogens is 404 g/mol. The second-order valence-corrected chi connectivity index (χ2v) is 5.48. The molecule has 1 atom stereocenters. The topological polar surface area (TPSA) is 55.5 Å². The van der Waals surface area contributed by atoms with Crippen LogP contribution in [0.2, 0.25) is 0 Å². The number of allylic oxidation sites excluding steroid dienone is 2. The summed E-state index contributed by atoms with van der Waals surface area (Å²) >= 11 is 4.97. The van der Waals surface area contributed by atoms with Crippen molar-refractivity contribution >= 4 is 17.8 Å². The van der Waals surface area contributed by atoms with Crippen LogP contribution in [0.4, 0.5) is 26.3 Å². The Hall–Kier alpha value is -2.24. The number of alkyl halides is 6. The molecule has 0 aromatic carbocycles. The molecule has 0 bridgehead atoms. The first kappa shape index (κ1) is 22.8. The highest BCUT2D eigenvalue weighted by Gasteiger charge is 2.41. The molecule has 0 N–H and O–H groups in total. The van der Waals surface area contributed by atoms with Crippen LogP contribution in [0.1, 0.15) is 25.5 Å². The van der Waals surface area contributed by atoms with Crippen LogP contribution in [0.15, 0.2) is 29.4 Å². The van der Waals surface area contributed by atoms with E-state index in [1.54, 1.807) is 6.92 Å². The van der Waals surface area contributed by atoms with Crippen LogP contribution >= 0.6 is 11.6 Å². The number of aromatic nitrogens is 3. The van der Waals surface area contributed by atoms with Crippen LogP contribution in [0.25, 0.3) is 0 Å². The van der Waals surface area contributed by atoms with Gasteiger partial charge >= 0.3 is 11.6 Å². The molecule has 1 heterocycles. The molecule has 27 heavy (non-hydrogen) atoms. The van der Waals surface area contributed by atoms with E-state index in [-0.39, 0.29) is 12.4 Å². The van der Waals surface area contributed by atoms with Gasteiger partial charge in [0.05, 0.1) is 6.21 Å². The van der Waals surface area contributed by atoms with Gasteiger partial charge in [-0.3, -0.25) is 4.99 Å². The maximum atomic E-state index is 14.1. The maximum Gasteiger partial charge on any atom is 0.425 e. The lowest BCUT2D eigenvalue weighted by Crippen LogP contribution is -2.39. The molecule has 0 aliphatic carbocycles. The molecule has 13 heteroatoms. The van der Waals surface area contributed by atoms with Gasteiger partial charge in [-0.1, -0.05) is 6.58 Å². The van der Waals surface area contributed by atoms with Gasteiger partial charge in [-0.25, -0.2) is 14.1 Å². The molecule has 0 aliphatic rings. The lowest BCUT2D eigenvalue weighted by atomic mass is 10.4. The number of aliphatic imine (C=N–C) groups is 1. The van der Waals surface area contributed by atoms with Gasteiger partial charge in [-0.15, -0.1) is 10.2 Å². The van der Waals surface area contributed by atoms with Gasteiger partial charge in [-0.05, 0) is 31.5 Å². The average molecular weight is 420 g/mol. The van der Waals surface area contributed by atoms with Crippen molar-refractivity contribution in [2.45, 2.75) is 31.5 Å². The molecule has 0 fully saturated rings. The van der Waals surface area contributed by atoms with Crippen LogP contribution in [0.3, 0.4) is 0 Å². The van der Waals surface area contributed by atoms with E-state index >= 15 is 0 Å². The Bertz CT molecular complexity index is 725. The first-order valence-electron chi connectivity index (χ1n) is 7.36. The lowest BCUT2D eigenvalue weighted by Gasteiger charge is -2.28. The van der Waals surface area contributed by atoms with Gasteiger partial charge in [0.1, 0.15) is 0 Å². The minimum absolute atomic E-state index is 0.245. The molecule has 0 amide bonds. The molecule has 0 saturated heterocycles. The number of halogens is 7. The van der Waals surface area contributed by atoms with Crippen molar-refractivity contribution in [3.63, 3.8) is 0 Å². The molecule has 0 aliphatic heterocycles. The zero-order chi connectivity index (χ0) is 21.0. The molecule has 6 nitrogen and oxygen atoms in total. The van der Waals surface area contributed by atoms with Crippen molar-refractivity contribution in [2.24, 2.45) is 4.99 Å². The normalized spacial score (nSPS) is 14.9. The summed E-state index contributed by atoms with van der Waals surface area (Å²) in [5.74, 6) is -3.92. The van der Waals surface area contributed by atoms with Gasteiger partial charge in [0.15, 0.2) is 17.8 Å². The third-order valence-electron chi connectivity index (χ3n) is 3.03. The molecule has 0 saturated carbocycles. The highest BCUT2D eigenvalue weighted by Crippen LogP contribution is 2.32. The fourth-order valence-electron chi connectivity index (χ4n) is 1.72. The van der Waals surface area contributed by atoms with E-state index < -0.39 is 35.2 Å². The Kier molecular flexibility index (Phi) is 7.29. The Morgan fingerprint density at radius 3 is 2.41 bits per heavy atom. The summed E-state index contributed by atoms with van der Waals surface area (Å²) < 4.78 is 84.8. The minimum atomic E-state index is -4.84. The molecule has 0 unspecified atom stereocenters. The largest absolute Gasteiger partial charge is 0.463 e. The number of rotatable bonds is 8. The standard InChI is InChI=1S/C14H16ClF6N5O/c1-5-9(16)11(27-8(3)14(19,20)21)25(4)26-10(7-22-6-2)23-24-12(26)13(15,17)18/h5,7-8H,1,6H2,2-4H3/b11-9-,22-7-/t8-/m0/s1. The van der Waals surface area contributed by atoms with Gasteiger partial charge in [0.25, 0.3) is 0 Å². The summed E-state index contributed by atoms with van der Waals surface area (Å²) in [6.07, 6.45) is -5.72. The summed E-state index contributed by atoms with van der Waals surface area (Å²) in [6.45, 7) is 5.59. The van der Waals surface area contributed by atoms with Crippen molar-refractivity contribution in [3.8, 4) is 0 Å². The highest BCUT2D eigenvalue weighted by molar-refractivity contribution is 6.21. The number of ether oxygens (including phenoxy) is 1. The average Bonchev–Trinajstić information content (AvgIpc) is 2.99. The second-order valence-electron chi connectivity index (χ2n) is 5.00. The predicted octanol–water partition coefficient (Wildman–Crippen LogP) is 3.86. The van der Waals surface area contributed by atoms with Gasteiger partial charge in [-0.2, -0.15) is 22.0 Å². The Labute approximate surface area is 155 Å². The summed E-state index contributed by atoms with van der Waals surface area (Å²) in [7, 11) is 0.959. The quantitative estimate of drug-likeness (QED) is 0.211.